The molecule has 1 heterocycles. The van der Waals surface area contributed by atoms with Gasteiger partial charge in [-0.25, -0.2) is 0 Å². The van der Waals surface area contributed by atoms with E-state index < -0.39 is 0 Å². The Hall–Kier alpha value is -1.26. The molecule has 0 aliphatic carbocycles. The first kappa shape index (κ1) is 16.8. The Labute approximate surface area is 126 Å². The minimum absolute atomic E-state index is 0. The molecule has 1 saturated heterocycles. The van der Waals surface area contributed by atoms with Crippen molar-refractivity contribution in [2.24, 2.45) is 5.92 Å². The predicted molar refractivity (Wildman–Crippen MR) is 82.3 cm³/mol. The van der Waals surface area contributed by atoms with Gasteiger partial charge in [-0.05, 0) is 43.1 Å². The van der Waals surface area contributed by atoms with Crippen LogP contribution in [0.1, 0.15) is 18.4 Å². The molecule has 5 heteroatoms. The number of amides is 1. The van der Waals surface area contributed by atoms with Crippen molar-refractivity contribution >= 4 is 18.3 Å². The molecule has 1 aliphatic rings. The molecule has 1 amide bonds. The van der Waals surface area contributed by atoms with E-state index in [1.54, 1.807) is 12.0 Å². The molecule has 112 valence electrons. The number of carbonyl (C=O) groups excluding carboxylic acids is 1. The number of halogens is 1. The fourth-order valence-corrected chi connectivity index (χ4v) is 2.38. The van der Waals surface area contributed by atoms with Crippen molar-refractivity contribution in [1.29, 1.82) is 0 Å². The summed E-state index contributed by atoms with van der Waals surface area (Å²) in [6, 6.07) is 7.85. The summed E-state index contributed by atoms with van der Waals surface area (Å²) in [5.74, 6) is 1.57. The number of carbonyl (C=O) groups is 1. The van der Waals surface area contributed by atoms with Gasteiger partial charge < -0.3 is 15.0 Å². The maximum absolute atomic E-state index is 12.1. The van der Waals surface area contributed by atoms with E-state index in [2.05, 4.69) is 5.32 Å². The zero-order chi connectivity index (χ0) is 13.7. The van der Waals surface area contributed by atoms with Gasteiger partial charge in [0.05, 0.1) is 7.11 Å². The zero-order valence-corrected chi connectivity index (χ0v) is 12.9. The third kappa shape index (κ3) is 4.69. The van der Waals surface area contributed by atoms with Gasteiger partial charge in [0.15, 0.2) is 0 Å². The largest absolute Gasteiger partial charge is 0.497 e. The monoisotopic (exact) mass is 298 g/mol. The van der Waals surface area contributed by atoms with E-state index in [-0.39, 0.29) is 18.3 Å². The van der Waals surface area contributed by atoms with Crippen LogP contribution in [0.3, 0.4) is 0 Å². The van der Waals surface area contributed by atoms with E-state index in [1.165, 1.54) is 0 Å². The standard InChI is InChI=1S/C15H22N2O2.ClH/c1-17(15(18)9-13-7-8-16-10-13)11-12-3-5-14(19-2)6-4-12;/h3-6,13,16H,7-11H2,1-2H3;1H. The number of nitrogens with one attached hydrogen (secondary N) is 1. The quantitative estimate of drug-likeness (QED) is 0.905. The van der Waals surface area contributed by atoms with Crippen LogP contribution in [0.5, 0.6) is 5.75 Å². The van der Waals surface area contributed by atoms with Crippen LogP contribution >= 0.6 is 12.4 Å². The highest BCUT2D eigenvalue weighted by Crippen LogP contribution is 2.16. The van der Waals surface area contributed by atoms with Gasteiger partial charge >= 0.3 is 0 Å². The Morgan fingerprint density at radius 1 is 1.40 bits per heavy atom. The molecule has 1 atom stereocenters. The lowest BCUT2D eigenvalue weighted by Gasteiger charge is -2.19. The summed E-state index contributed by atoms with van der Waals surface area (Å²) < 4.78 is 5.12. The SMILES string of the molecule is COc1ccc(CN(C)C(=O)CC2CCNC2)cc1.Cl. The van der Waals surface area contributed by atoms with Crippen molar-refractivity contribution in [1.82, 2.24) is 10.2 Å². The van der Waals surface area contributed by atoms with Gasteiger partial charge in [0, 0.05) is 20.0 Å². The van der Waals surface area contributed by atoms with Gasteiger partial charge in [0.1, 0.15) is 5.75 Å². The highest BCUT2D eigenvalue weighted by molar-refractivity contribution is 5.85. The van der Waals surface area contributed by atoms with Crippen molar-refractivity contribution in [3.8, 4) is 5.75 Å². The molecular weight excluding hydrogens is 276 g/mol. The van der Waals surface area contributed by atoms with Crippen LogP contribution in [-0.4, -0.2) is 38.1 Å². The number of benzene rings is 1. The van der Waals surface area contributed by atoms with E-state index in [0.29, 0.717) is 18.9 Å². The second-order valence-electron chi connectivity index (χ2n) is 5.16. The second kappa shape index (κ2) is 8.12. The number of hydrogen-bond donors (Lipinski definition) is 1. The molecule has 1 unspecified atom stereocenters. The van der Waals surface area contributed by atoms with E-state index in [4.69, 9.17) is 4.74 Å². The highest BCUT2D eigenvalue weighted by Gasteiger charge is 2.20. The lowest BCUT2D eigenvalue weighted by atomic mass is 10.0. The van der Waals surface area contributed by atoms with E-state index >= 15 is 0 Å². The topological polar surface area (TPSA) is 41.6 Å². The van der Waals surface area contributed by atoms with Gasteiger partial charge in [-0.2, -0.15) is 0 Å². The molecule has 1 aromatic rings. The molecule has 1 aromatic carbocycles. The molecule has 2 rings (SSSR count). The van der Waals surface area contributed by atoms with Crippen LogP contribution in [0.25, 0.3) is 0 Å². The molecule has 1 fully saturated rings. The van der Waals surface area contributed by atoms with E-state index in [1.807, 2.05) is 31.3 Å². The summed E-state index contributed by atoms with van der Waals surface area (Å²) in [4.78, 5) is 13.9. The summed E-state index contributed by atoms with van der Waals surface area (Å²) in [5.41, 5.74) is 1.13. The lowest BCUT2D eigenvalue weighted by molar-refractivity contribution is -0.131. The lowest BCUT2D eigenvalue weighted by Crippen LogP contribution is -2.28. The van der Waals surface area contributed by atoms with Crippen LogP contribution in [0.4, 0.5) is 0 Å². The Morgan fingerprint density at radius 3 is 2.65 bits per heavy atom. The maximum Gasteiger partial charge on any atom is 0.222 e. The molecule has 1 N–H and O–H groups in total. The molecule has 0 bridgehead atoms. The first-order valence-corrected chi connectivity index (χ1v) is 6.76. The second-order valence-corrected chi connectivity index (χ2v) is 5.16. The molecule has 0 saturated carbocycles. The third-order valence-electron chi connectivity index (χ3n) is 3.63. The summed E-state index contributed by atoms with van der Waals surface area (Å²) >= 11 is 0. The van der Waals surface area contributed by atoms with Gasteiger partial charge in [-0.3, -0.25) is 4.79 Å². The number of methoxy groups -OCH3 is 1. The normalized spacial score (nSPS) is 17.4. The predicted octanol–water partition coefficient (Wildman–Crippen LogP) is 2.07. The average Bonchev–Trinajstić information content (AvgIpc) is 2.92. The fourth-order valence-electron chi connectivity index (χ4n) is 2.38. The summed E-state index contributed by atoms with van der Waals surface area (Å²) in [5, 5.41) is 3.29. The minimum Gasteiger partial charge on any atom is -0.497 e. The average molecular weight is 299 g/mol. The van der Waals surface area contributed by atoms with Gasteiger partial charge in [-0.15, -0.1) is 12.4 Å². The van der Waals surface area contributed by atoms with Crippen molar-refractivity contribution in [3.63, 3.8) is 0 Å². The van der Waals surface area contributed by atoms with Crippen molar-refractivity contribution in [2.45, 2.75) is 19.4 Å². The Balaban J connectivity index is 0.00000200. The van der Waals surface area contributed by atoms with Crippen LogP contribution in [-0.2, 0) is 11.3 Å². The van der Waals surface area contributed by atoms with Crippen molar-refractivity contribution in [2.75, 3.05) is 27.2 Å². The zero-order valence-electron chi connectivity index (χ0n) is 12.1. The van der Waals surface area contributed by atoms with Crippen LogP contribution in [0.15, 0.2) is 24.3 Å². The molecule has 1 aliphatic heterocycles. The van der Waals surface area contributed by atoms with E-state index in [9.17, 15) is 4.79 Å². The summed E-state index contributed by atoms with van der Waals surface area (Å²) in [6.07, 6.45) is 1.77. The first-order chi connectivity index (χ1) is 9.19. The molecular formula is C15H23ClN2O2. The Kier molecular flexibility index (Phi) is 6.82. The maximum atomic E-state index is 12.1. The first-order valence-electron chi connectivity index (χ1n) is 6.76. The van der Waals surface area contributed by atoms with Crippen LogP contribution < -0.4 is 10.1 Å². The van der Waals surface area contributed by atoms with Gasteiger partial charge in [0.25, 0.3) is 0 Å². The third-order valence-corrected chi connectivity index (χ3v) is 3.63. The molecule has 0 radical (unpaired) electrons. The smallest absolute Gasteiger partial charge is 0.222 e. The molecule has 20 heavy (non-hydrogen) atoms. The Morgan fingerprint density at radius 2 is 2.10 bits per heavy atom. The summed E-state index contributed by atoms with van der Waals surface area (Å²) in [6.45, 7) is 2.67. The molecule has 0 aromatic heterocycles. The van der Waals surface area contributed by atoms with E-state index in [0.717, 1.165) is 30.8 Å². The number of nitrogens with zero attached hydrogens (tertiary/aromatic N) is 1. The number of rotatable bonds is 5. The fraction of sp³-hybridized carbons (Fsp3) is 0.533. The minimum atomic E-state index is 0. The van der Waals surface area contributed by atoms with Crippen molar-refractivity contribution < 1.29 is 9.53 Å². The van der Waals surface area contributed by atoms with Gasteiger partial charge in [0.2, 0.25) is 5.91 Å². The van der Waals surface area contributed by atoms with Crippen LogP contribution in [0.2, 0.25) is 0 Å². The number of ether oxygens (including phenoxy) is 1. The van der Waals surface area contributed by atoms with Crippen LogP contribution in [0, 0.1) is 5.92 Å². The van der Waals surface area contributed by atoms with Gasteiger partial charge in [-0.1, -0.05) is 12.1 Å². The highest BCUT2D eigenvalue weighted by atomic mass is 35.5. The van der Waals surface area contributed by atoms with Crippen molar-refractivity contribution in [3.05, 3.63) is 29.8 Å². The molecule has 4 nitrogen and oxygen atoms in total. The number of hydrogen-bond acceptors (Lipinski definition) is 3. The Bertz CT molecular complexity index is 416. The molecule has 0 spiro atoms. The summed E-state index contributed by atoms with van der Waals surface area (Å²) in [7, 11) is 3.52.